The van der Waals surface area contributed by atoms with Crippen LogP contribution in [-0.4, -0.2) is 43.5 Å². The van der Waals surface area contributed by atoms with Crippen molar-refractivity contribution >= 4 is 11.6 Å². The van der Waals surface area contributed by atoms with E-state index in [1.165, 1.54) is 11.3 Å². The zero-order valence-corrected chi connectivity index (χ0v) is 11.6. The molecule has 4 heteroatoms. The van der Waals surface area contributed by atoms with E-state index in [2.05, 4.69) is 36.1 Å². The molecular weight excluding hydrogens is 238 g/mol. The summed E-state index contributed by atoms with van der Waals surface area (Å²) in [6.45, 7) is 6.01. The summed E-state index contributed by atoms with van der Waals surface area (Å²) in [4.78, 5) is 16.0. The van der Waals surface area contributed by atoms with Gasteiger partial charge < -0.3 is 15.5 Å². The van der Waals surface area contributed by atoms with Crippen LogP contribution in [0.25, 0.3) is 0 Å². The van der Waals surface area contributed by atoms with E-state index in [-0.39, 0.29) is 5.91 Å². The third kappa shape index (κ3) is 3.47. The number of piperazine rings is 1. The second-order valence-electron chi connectivity index (χ2n) is 4.93. The summed E-state index contributed by atoms with van der Waals surface area (Å²) in [5.74, 6) is 0.184. The minimum Gasteiger partial charge on any atom is -0.368 e. The zero-order chi connectivity index (χ0) is 13.7. The second-order valence-corrected chi connectivity index (χ2v) is 4.93. The van der Waals surface area contributed by atoms with Gasteiger partial charge in [-0.05, 0) is 24.1 Å². The second kappa shape index (κ2) is 6.57. The van der Waals surface area contributed by atoms with Crippen molar-refractivity contribution < 1.29 is 4.79 Å². The summed E-state index contributed by atoms with van der Waals surface area (Å²) in [6, 6.07) is 8.72. The Morgan fingerprint density at radius 3 is 2.32 bits per heavy atom. The van der Waals surface area contributed by atoms with Gasteiger partial charge in [0.1, 0.15) is 0 Å². The molecule has 1 fully saturated rings. The molecule has 2 N–H and O–H groups in total. The Hall–Kier alpha value is -1.55. The average Bonchev–Trinajstić information content (AvgIpc) is 2.48. The maximum Gasteiger partial charge on any atom is 0.223 e. The van der Waals surface area contributed by atoms with Crippen LogP contribution in [0.1, 0.15) is 18.9 Å². The Balaban J connectivity index is 1.90. The smallest absolute Gasteiger partial charge is 0.223 e. The predicted octanol–water partition coefficient (Wildman–Crippen LogP) is 1.25. The maximum atomic E-state index is 11.8. The molecule has 1 aromatic carbocycles. The summed E-state index contributed by atoms with van der Waals surface area (Å²) in [5, 5.41) is 0. The van der Waals surface area contributed by atoms with E-state index < -0.39 is 0 Å². The number of benzene rings is 1. The van der Waals surface area contributed by atoms with E-state index >= 15 is 0 Å². The summed E-state index contributed by atoms with van der Waals surface area (Å²) >= 11 is 0. The minimum atomic E-state index is 0.184. The minimum absolute atomic E-state index is 0.184. The molecule has 1 saturated heterocycles. The van der Waals surface area contributed by atoms with Crippen molar-refractivity contribution in [1.82, 2.24) is 4.90 Å². The van der Waals surface area contributed by atoms with Crippen LogP contribution >= 0.6 is 0 Å². The lowest BCUT2D eigenvalue weighted by molar-refractivity contribution is -0.131. The first-order valence-electron chi connectivity index (χ1n) is 7.06. The Labute approximate surface area is 115 Å². The molecule has 1 amide bonds. The Morgan fingerprint density at radius 1 is 1.16 bits per heavy atom. The van der Waals surface area contributed by atoms with Gasteiger partial charge in [0.25, 0.3) is 0 Å². The van der Waals surface area contributed by atoms with Gasteiger partial charge in [0.15, 0.2) is 0 Å². The number of hydrogen-bond acceptors (Lipinski definition) is 3. The first-order valence-corrected chi connectivity index (χ1v) is 7.06. The van der Waals surface area contributed by atoms with Crippen molar-refractivity contribution in [1.29, 1.82) is 0 Å². The zero-order valence-electron chi connectivity index (χ0n) is 11.6. The highest BCUT2D eigenvalue weighted by Gasteiger charge is 2.20. The maximum absolute atomic E-state index is 11.8. The summed E-state index contributed by atoms with van der Waals surface area (Å²) in [7, 11) is 0. The number of nitrogens with zero attached hydrogens (tertiary/aromatic N) is 2. The number of hydrogen-bond donors (Lipinski definition) is 1. The summed E-state index contributed by atoms with van der Waals surface area (Å²) < 4.78 is 0. The number of nitrogens with two attached hydrogens (primary N) is 1. The van der Waals surface area contributed by atoms with Gasteiger partial charge >= 0.3 is 0 Å². The number of amides is 1. The highest BCUT2D eigenvalue weighted by Crippen LogP contribution is 2.17. The number of carbonyl (C=O) groups excluding carboxylic acids is 1. The van der Waals surface area contributed by atoms with E-state index in [1.54, 1.807) is 0 Å². The van der Waals surface area contributed by atoms with Crippen molar-refractivity contribution in [3.05, 3.63) is 29.8 Å². The Morgan fingerprint density at radius 2 is 1.79 bits per heavy atom. The first-order chi connectivity index (χ1) is 9.24. The fourth-order valence-corrected chi connectivity index (χ4v) is 2.44. The van der Waals surface area contributed by atoms with Crippen LogP contribution in [0, 0.1) is 0 Å². The molecule has 0 unspecified atom stereocenters. The normalized spacial score (nSPS) is 15.7. The summed E-state index contributed by atoms with van der Waals surface area (Å²) in [5.41, 5.74) is 8.04. The van der Waals surface area contributed by atoms with Crippen LogP contribution in [-0.2, 0) is 11.2 Å². The van der Waals surface area contributed by atoms with Gasteiger partial charge in [0, 0.05) is 44.8 Å². The molecule has 0 spiro atoms. The van der Waals surface area contributed by atoms with Crippen LogP contribution in [0.3, 0.4) is 0 Å². The molecular formula is C15H23N3O. The van der Waals surface area contributed by atoms with Gasteiger partial charge in [-0.15, -0.1) is 0 Å². The van der Waals surface area contributed by atoms with Gasteiger partial charge in [-0.2, -0.15) is 0 Å². The number of aryl methyl sites for hydroxylation is 1. The number of anilines is 1. The van der Waals surface area contributed by atoms with Crippen molar-refractivity contribution in [2.75, 3.05) is 37.6 Å². The molecule has 0 saturated carbocycles. The molecule has 1 aliphatic heterocycles. The van der Waals surface area contributed by atoms with Gasteiger partial charge in [-0.25, -0.2) is 0 Å². The van der Waals surface area contributed by atoms with E-state index in [1.807, 2.05) is 4.90 Å². The van der Waals surface area contributed by atoms with Crippen molar-refractivity contribution in [2.24, 2.45) is 5.73 Å². The third-order valence-electron chi connectivity index (χ3n) is 3.70. The lowest BCUT2D eigenvalue weighted by atomic mass is 10.1. The third-order valence-corrected chi connectivity index (χ3v) is 3.70. The topological polar surface area (TPSA) is 49.6 Å². The van der Waals surface area contributed by atoms with Crippen LogP contribution < -0.4 is 10.6 Å². The summed E-state index contributed by atoms with van der Waals surface area (Å²) in [6.07, 6.45) is 1.53. The molecule has 0 aliphatic carbocycles. The molecule has 104 valence electrons. The van der Waals surface area contributed by atoms with E-state index in [0.717, 1.165) is 32.6 Å². The Bertz CT molecular complexity index is 408. The van der Waals surface area contributed by atoms with Gasteiger partial charge in [0.05, 0.1) is 0 Å². The standard InChI is InChI=1S/C15H23N3O/c1-2-13-3-5-14(6-4-13)17-9-11-18(12-10-17)15(19)7-8-16/h3-6H,2,7-12,16H2,1H3. The SMILES string of the molecule is CCc1ccc(N2CCN(C(=O)CCN)CC2)cc1. The van der Waals surface area contributed by atoms with Crippen LogP contribution in [0.4, 0.5) is 5.69 Å². The predicted molar refractivity (Wildman–Crippen MR) is 78.3 cm³/mol. The fourth-order valence-electron chi connectivity index (χ4n) is 2.44. The van der Waals surface area contributed by atoms with Gasteiger partial charge in [0.2, 0.25) is 5.91 Å². The van der Waals surface area contributed by atoms with Crippen molar-refractivity contribution in [3.63, 3.8) is 0 Å². The molecule has 0 atom stereocenters. The molecule has 19 heavy (non-hydrogen) atoms. The monoisotopic (exact) mass is 261 g/mol. The van der Waals surface area contributed by atoms with E-state index in [0.29, 0.717) is 13.0 Å². The fraction of sp³-hybridized carbons (Fsp3) is 0.533. The Kier molecular flexibility index (Phi) is 4.80. The van der Waals surface area contributed by atoms with Crippen molar-refractivity contribution in [2.45, 2.75) is 19.8 Å². The van der Waals surface area contributed by atoms with Crippen LogP contribution in [0.2, 0.25) is 0 Å². The molecule has 0 radical (unpaired) electrons. The molecule has 4 nitrogen and oxygen atoms in total. The van der Waals surface area contributed by atoms with Crippen LogP contribution in [0.5, 0.6) is 0 Å². The lowest BCUT2D eigenvalue weighted by Crippen LogP contribution is -2.49. The van der Waals surface area contributed by atoms with E-state index in [9.17, 15) is 4.79 Å². The molecule has 0 bridgehead atoms. The number of rotatable bonds is 4. The quantitative estimate of drug-likeness (QED) is 0.887. The lowest BCUT2D eigenvalue weighted by Gasteiger charge is -2.36. The molecule has 1 heterocycles. The average molecular weight is 261 g/mol. The largest absolute Gasteiger partial charge is 0.368 e. The highest BCUT2D eigenvalue weighted by atomic mass is 16.2. The molecule has 0 aromatic heterocycles. The highest BCUT2D eigenvalue weighted by molar-refractivity contribution is 5.76. The molecule has 1 aliphatic rings. The van der Waals surface area contributed by atoms with Crippen LogP contribution in [0.15, 0.2) is 24.3 Å². The van der Waals surface area contributed by atoms with Gasteiger partial charge in [-0.3, -0.25) is 4.79 Å². The van der Waals surface area contributed by atoms with Gasteiger partial charge in [-0.1, -0.05) is 19.1 Å². The number of carbonyl (C=O) groups is 1. The molecule has 2 rings (SSSR count). The van der Waals surface area contributed by atoms with E-state index in [4.69, 9.17) is 5.73 Å². The molecule has 1 aromatic rings. The van der Waals surface area contributed by atoms with Crippen molar-refractivity contribution in [3.8, 4) is 0 Å². The first kappa shape index (κ1) is 13.9.